The van der Waals surface area contributed by atoms with E-state index in [4.69, 9.17) is 0 Å². The van der Waals surface area contributed by atoms with E-state index >= 15 is 0 Å². The predicted octanol–water partition coefficient (Wildman–Crippen LogP) is 4.89. The van der Waals surface area contributed by atoms with Crippen LogP contribution in [-0.2, 0) is 6.54 Å². The van der Waals surface area contributed by atoms with Gasteiger partial charge >= 0.3 is 0 Å². The Kier molecular flexibility index (Phi) is 4.31. The molecule has 0 fully saturated rings. The molecule has 0 aliphatic rings. The maximum atomic E-state index is 4.12. The summed E-state index contributed by atoms with van der Waals surface area (Å²) in [5.74, 6) is 0. The predicted molar refractivity (Wildman–Crippen MR) is 90.7 cm³/mol. The maximum Gasteiger partial charge on any atom is 0.0949 e. The number of benzene rings is 2. The van der Waals surface area contributed by atoms with Crippen LogP contribution in [0.3, 0.4) is 0 Å². The molecule has 0 atom stereocenters. The van der Waals surface area contributed by atoms with Crippen molar-refractivity contribution in [3.8, 4) is 0 Å². The van der Waals surface area contributed by atoms with Crippen molar-refractivity contribution in [1.82, 2.24) is 9.55 Å². The Morgan fingerprint density at radius 2 is 1.81 bits per heavy atom. The Bertz CT molecular complexity index is 714. The van der Waals surface area contributed by atoms with Gasteiger partial charge in [0.1, 0.15) is 0 Å². The van der Waals surface area contributed by atoms with Gasteiger partial charge in [-0.05, 0) is 34.9 Å². The van der Waals surface area contributed by atoms with Crippen molar-refractivity contribution < 1.29 is 0 Å². The van der Waals surface area contributed by atoms with Crippen molar-refractivity contribution in [1.29, 1.82) is 0 Å². The van der Waals surface area contributed by atoms with E-state index in [2.05, 4.69) is 80.1 Å². The van der Waals surface area contributed by atoms with E-state index in [1.165, 1.54) is 16.7 Å². The van der Waals surface area contributed by atoms with Gasteiger partial charge in [0.05, 0.1) is 6.33 Å². The first-order chi connectivity index (χ1) is 10.3. The summed E-state index contributed by atoms with van der Waals surface area (Å²) in [6.45, 7) is 0.802. The van der Waals surface area contributed by atoms with Crippen LogP contribution in [0.4, 0.5) is 0 Å². The van der Waals surface area contributed by atoms with Gasteiger partial charge in [0, 0.05) is 23.4 Å². The van der Waals surface area contributed by atoms with Crippen LogP contribution in [0.15, 0.2) is 77.8 Å². The monoisotopic (exact) mass is 338 g/mol. The molecule has 0 spiro atoms. The lowest BCUT2D eigenvalue weighted by Gasteiger charge is -2.10. The van der Waals surface area contributed by atoms with E-state index in [1.807, 2.05) is 24.8 Å². The molecule has 1 heterocycles. The summed E-state index contributed by atoms with van der Waals surface area (Å²) in [5, 5.41) is 0. The molecule has 104 valence electrons. The number of nitrogens with zero attached hydrogens (tertiary/aromatic N) is 2. The maximum absolute atomic E-state index is 4.12. The topological polar surface area (TPSA) is 17.8 Å². The first kappa shape index (κ1) is 13.8. The van der Waals surface area contributed by atoms with Crippen molar-refractivity contribution in [2.45, 2.75) is 6.54 Å². The zero-order chi connectivity index (χ0) is 14.5. The van der Waals surface area contributed by atoms with Crippen LogP contribution in [0.5, 0.6) is 0 Å². The fraction of sp³-hybridized carbons (Fsp3) is 0.0556. The van der Waals surface area contributed by atoms with Crippen molar-refractivity contribution >= 4 is 27.6 Å². The van der Waals surface area contributed by atoms with E-state index in [0.717, 1.165) is 11.0 Å². The van der Waals surface area contributed by atoms with Crippen LogP contribution in [-0.4, -0.2) is 9.55 Å². The Hall–Kier alpha value is -2.13. The third-order valence-electron chi connectivity index (χ3n) is 3.27. The molecular weight excluding hydrogens is 324 g/mol. The molecule has 21 heavy (non-hydrogen) atoms. The number of rotatable bonds is 4. The summed E-state index contributed by atoms with van der Waals surface area (Å²) in [5.41, 5.74) is 3.68. The summed E-state index contributed by atoms with van der Waals surface area (Å²) in [6.07, 6.45) is 7.86. The molecule has 0 saturated heterocycles. The largest absolute Gasteiger partial charge is 0.333 e. The van der Waals surface area contributed by atoms with Gasteiger partial charge in [0.2, 0.25) is 0 Å². The third kappa shape index (κ3) is 3.70. The standard InChI is InChI=1S/C18H15BrN2/c19-18-8-6-16(7-9-18)17(13-21-11-10-20-14-21)12-15-4-2-1-3-5-15/h1-12,14H,13H2/b17-12+. The molecular formula is C18H15BrN2. The van der Waals surface area contributed by atoms with E-state index in [-0.39, 0.29) is 0 Å². The molecule has 3 heteroatoms. The van der Waals surface area contributed by atoms with Gasteiger partial charge in [0.15, 0.2) is 0 Å². The second kappa shape index (κ2) is 6.55. The van der Waals surface area contributed by atoms with Gasteiger partial charge < -0.3 is 4.57 Å². The first-order valence-electron chi connectivity index (χ1n) is 6.78. The molecule has 2 nitrogen and oxygen atoms in total. The number of hydrogen-bond donors (Lipinski definition) is 0. The SMILES string of the molecule is Brc1ccc(/C(=C/c2ccccc2)Cn2ccnc2)cc1. The Morgan fingerprint density at radius 3 is 2.48 bits per heavy atom. The van der Waals surface area contributed by atoms with E-state index in [9.17, 15) is 0 Å². The van der Waals surface area contributed by atoms with Crippen LogP contribution < -0.4 is 0 Å². The molecule has 0 aliphatic carbocycles. The fourth-order valence-electron chi connectivity index (χ4n) is 2.21. The molecule has 0 aliphatic heterocycles. The van der Waals surface area contributed by atoms with Crippen LogP contribution in [0.25, 0.3) is 11.6 Å². The zero-order valence-electron chi connectivity index (χ0n) is 11.5. The Labute approximate surface area is 132 Å². The molecule has 0 radical (unpaired) electrons. The van der Waals surface area contributed by atoms with Crippen molar-refractivity contribution in [2.24, 2.45) is 0 Å². The summed E-state index contributed by atoms with van der Waals surface area (Å²) in [6, 6.07) is 18.8. The van der Waals surface area contributed by atoms with Crippen LogP contribution in [0, 0.1) is 0 Å². The summed E-state index contributed by atoms with van der Waals surface area (Å²) < 4.78 is 3.17. The quantitative estimate of drug-likeness (QED) is 0.619. The molecule has 1 aromatic heterocycles. The summed E-state index contributed by atoms with van der Waals surface area (Å²) >= 11 is 3.49. The molecule has 3 aromatic rings. The molecule has 3 rings (SSSR count). The van der Waals surface area contributed by atoms with Crippen molar-refractivity contribution in [3.05, 3.63) is 88.9 Å². The van der Waals surface area contributed by atoms with Gasteiger partial charge in [-0.3, -0.25) is 0 Å². The number of allylic oxidation sites excluding steroid dienone is 1. The number of hydrogen-bond acceptors (Lipinski definition) is 1. The summed E-state index contributed by atoms with van der Waals surface area (Å²) in [4.78, 5) is 4.12. The number of aromatic nitrogens is 2. The van der Waals surface area contributed by atoms with Gasteiger partial charge in [0.25, 0.3) is 0 Å². The molecule has 0 amide bonds. The minimum absolute atomic E-state index is 0.802. The van der Waals surface area contributed by atoms with E-state index < -0.39 is 0 Å². The lowest BCUT2D eigenvalue weighted by Crippen LogP contribution is -1.98. The molecule has 0 N–H and O–H groups in total. The Balaban J connectivity index is 1.98. The fourth-order valence-corrected chi connectivity index (χ4v) is 2.48. The first-order valence-corrected chi connectivity index (χ1v) is 7.58. The second-order valence-corrected chi connectivity index (χ2v) is 5.74. The normalized spacial score (nSPS) is 11.6. The lowest BCUT2D eigenvalue weighted by molar-refractivity contribution is 0.836. The third-order valence-corrected chi connectivity index (χ3v) is 3.80. The molecule has 0 unspecified atom stereocenters. The van der Waals surface area contributed by atoms with Crippen LogP contribution in [0.1, 0.15) is 11.1 Å². The molecule has 2 aromatic carbocycles. The number of imidazole rings is 1. The summed E-state index contributed by atoms with van der Waals surface area (Å²) in [7, 11) is 0. The average molecular weight is 339 g/mol. The van der Waals surface area contributed by atoms with Crippen LogP contribution in [0.2, 0.25) is 0 Å². The van der Waals surface area contributed by atoms with Gasteiger partial charge in [-0.15, -0.1) is 0 Å². The van der Waals surface area contributed by atoms with Gasteiger partial charge in [-0.2, -0.15) is 0 Å². The lowest BCUT2D eigenvalue weighted by atomic mass is 10.0. The highest BCUT2D eigenvalue weighted by atomic mass is 79.9. The highest BCUT2D eigenvalue weighted by Gasteiger charge is 2.03. The minimum Gasteiger partial charge on any atom is -0.333 e. The highest BCUT2D eigenvalue weighted by Crippen LogP contribution is 2.22. The van der Waals surface area contributed by atoms with Crippen LogP contribution >= 0.6 is 15.9 Å². The van der Waals surface area contributed by atoms with E-state index in [1.54, 1.807) is 0 Å². The molecule has 0 bridgehead atoms. The Morgan fingerprint density at radius 1 is 1.05 bits per heavy atom. The smallest absolute Gasteiger partial charge is 0.0949 e. The molecule has 0 saturated carbocycles. The van der Waals surface area contributed by atoms with Gasteiger partial charge in [-0.25, -0.2) is 4.98 Å². The van der Waals surface area contributed by atoms with Gasteiger partial charge in [-0.1, -0.05) is 58.4 Å². The number of halogens is 1. The highest BCUT2D eigenvalue weighted by molar-refractivity contribution is 9.10. The zero-order valence-corrected chi connectivity index (χ0v) is 13.1. The minimum atomic E-state index is 0.802. The van der Waals surface area contributed by atoms with Crippen molar-refractivity contribution in [2.75, 3.05) is 0 Å². The van der Waals surface area contributed by atoms with Crippen molar-refractivity contribution in [3.63, 3.8) is 0 Å². The second-order valence-electron chi connectivity index (χ2n) is 4.82. The van der Waals surface area contributed by atoms with E-state index in [0.29, 0.717) is 0 Å². The average Bonchev–Trinajstić information content (AvgIpc) is 3.01.